The molecule has 0 radical (unpaired) electrons. The summed E-state index contributed by atoms with van der Waals surface area (Å²) in [6.07, 6.45) is 0.0615. The summed E-state index contributed by atoms with van der Waals surface area (Å²) < 4.78 is 13.5. The van der Waals surface area contributed by atoms with Crippen molar-refractivity contribution in [3.8, 4) is 0 Å². The van der Waals surface area contributed by atoms with Crippen LogP contribution in [0.15, 0.2) is 18.2 Å². The van der Waals surface area contributed by atoms with E-state index in [0.29, 0.717) is 6.42 Å². The molecule has 2 unspecified atom stereocenters. The Labute approximate surface area is 110 Å². The highest BCUT2D eigenvalue weighted by atomic mass is 35.5. The first kappa shape index (κ1) is 13.3. The first-order valence-corrected chi connectivity index (χ1v) is 6.14. The van der Waals surface area contributed by atoms with Crippen molar-refractivity contribution in [3.63, 3.8) is 0 Å². The molecule has 5 heteroatoms. The molecule has 2 N–H and O–H groups in total. The van der Waals surface area contributed by atoms with E-state index in [1.165, 1.54) is 12.1 Å². The fourth-order valence-corrected chi connectivity index (χ4v) is 2.22. The van der Waals surface area contributed by atoms with Gasteiger partial charge in [0.15, 0.2) is 0 Å². The number of hydrogen-bond donors (Lipinski definition) is 2. The summed E-state index contributed by atoms with van der Waals surface area (Å²) in [5.74, 6) is -1.12. The molecule has 0 saturated heterocycles. The van der Waals surface area contributed by atoms with Crippen LogP contribution in [-0.2, 0) is 0 Å². The van der Waals surface area contributed by atoms with Gasteiger partial charge in [0.25, 0.3) is 5.91 Å². The molecule has 1 aliphatic rings. The zero-order valence-corrected chi connectivity index (χ0v) is 11.0. The average molecular weight is 272 g/mol. The fraction of sp³-hybridized carbons (Fsp3) is 0.462. The maximum absolute atomic E-state index is 13.5. The largest absolute Gasteiger partial charge is 0.392 e. The lowest BCUT2D eigenvalue weighted by atomic mass is 9.64. The molecule has 1 saturated carbocycles. The van der Waals surface area contributed by atoms with Gasteiger partial charge in [-0.2, -0.15) is 0 Å². The smallest absolute Gasteiger partial charge is 0.254 e. The lowest BCUT2D eigenvalue weighted by molar-refractivity contribution is -0.0689. The Morgan fingerprint density at radius 2 is 2.22 bits per heavy atom. The van der Waals surface area contributed by atoms with Crippen LogP contribution in [0.3, 0.4) is 0 Å². The summed E-state index contributed by atoms with van der Waals surface area (Å²) in [5, 5.41) is 12.6. The van der Waals surface area contributed by atoms with E-state index in [1.54, 1.807) is 0 Å². The second kappa shape index (κ2) is 4.52. The van der Waals surface area contributed by atoms with Crippen molar-refractivity contribution in [2.45, 2.75) is 32.4 Å². The third kappa shape index (κ3) is 2.22. The van der Waals surface area contributed by atoms with Crippen LogP contribution in [0.5, 0.6) is 0 Å². The number of hydrogen-bond acceptors (Lipinski definition) is 2. The molecule has 0 spiro atoms. The molecule has 0 aromatic heterocycles. The van der Waals surface area contributed by atoms with Crippen LogP contribution in [-0.4, -0.2) is 23.2 Å². The Balaban J connectivity index is 2.09. The first-order chi connectivity index (χ1) is 8.32. The van der Waals surface area contributed by atoms with E-state index in [2.05, 4.69) is 5.32 Å². The van der Waals surface area contributed by atoms with Crippen LogP contribution in [0.2, 0.25) is 5.02 Å². The van der Waals surface area contributed by atoms with E-state index in [1.807, 2.05) is 13.8 Å². The molecule has 1 amide bonds. The molecule has 1 fully saturated rings. The minimum atomic E-state index is -0.641. The molecule has 18 heavy (non-hydrogen) atoms. The minimum absolute atomic E-state index is 0.0309. The van der Waals surface area contributed by atoms with Gasteiger partial charge in [0.1, 0.15) is 5.82 Å². The summed E-state index contributed by atoms with van der Waals surface area (Å²) >= 11 is 5.63. The van der Waals surface area contributed by atoms with E-state index in [4.69, 9.17) is 11.6 Å². The second-order valence-corrected chi connectivity index (χ2v) is 5.66. The summed E-state index contributed by atoms with van der Waals surface area (Å²) in [4.78, 5) is 11.9. The maximum atomic E-state index is 13.5. The molecular formula is C13H15ClFNO2. The lowest BCUT2D eigenvalue weighted by Gasteiger charge is -2.49. The van der Waals surface area contributed by atoms with Gasteiger partial charge in [-0.05, 0) is 24.6 Å². The van der Waals surface area contributed by atoms with E-state index in [9.17, 15) is 14.3 Å². The Morgan fingerprint density at radius 1 is 1.56 bits per heavy atom. The molecule has 0 aliphatic heterocycles. The summed E-state index contributed by atoms with van der Waals surface area (Å²) in [7, 11) is 0. The van der Waals surface area contributed by atoms with Gasteiger partial charge in [0.05, 0.1) is 11.7 Å². The van der Waals surface area contributed by atoms with Crippen molar-refractivity contribution in [2.75, 3.05) is 0 Å². The van der Waals surface area contributed by atoms with Crippen molar-refractivity contribution in [1.82, 2.24) is 5.32 Å². The number of rotatable bonds is 2. The van der Waals surface area contributed by atoms with Crippen LogP contribution in [0.25, 0.3) is 0 Å². The monoisotopic (exact) mass is 271 g/mol. The number of benzene rings is 1. The van der Waals surface area contributed by atoms with Crippen LogP contribution in [0, 0.1) is 11.2 Å². The van der Waals surface area contributed by atoms with Gasteiger partial charge in [-0.3, -0.25) is 4.79 Å². The number of amides is 1. The predicted octanol–water partition coefficient (Wildman–Crippen LogP) is 2.37. The summed E-state index contributed by atoms with van der Waals surface area (Å²) in [6.45, 7) is 3.73. The van der Waals surface area contributed by atoms with Gasteiger partial charge in [0, 0.05) is 16.5 Å². The zero-order chi connectivity index (χ0) is 13.5. The Bertz CT molecular complexity index is 490. The van der Waals surface area contributed by atoms with E-state index < -0.39 is 17.8 Å². The number of aliphatic hydroxyl groups excluding tert-OH is 1. The summed E-state index contributed by atoms with van der Waals surface area (Å²) in [6, 6.07) is 3.79. The van der Waals surface area contributed by atoms with Crippen molar-refractivity contribution < 1.29 is 14.3 Å². The number of carbonyl (C=O) groups is 1. The Hall–Kier alpha value is -1.13. The van der Waals surface area contributed by atoms with Crippen molar-refractivity contribution in [1.29, 1.82) is 0 Å². The number of carbonyl (C=O) groups excluding carboxylic acids is 1. The Kier molecular flexibility index (Phi) is 3.34. The number of nitrogens with one attached hydrogen (secondary N) is 1. The molecule has 0 heterocycles. The number of aliphatic hydroxyl groups is 1. The van der Waals surface area contributed by atoms with E-state index in [0.717, 1.165) is 6.07 Å². The standard InChI is InChI=1S/C13H15ClFNO2/c1-13(2)10(6-11(13)17)16-12(18)8-4-3-7(14)5-9(8)15/h3-5,10-11,17H,6H2,1-2H3,(H,16,18). The summed E-state index contributed by atoms with van der Waals surface area (Å²) in [5.41, 5.74) is -0.407. The third-order valence-electron chi connectivity index (χ3n) is 3.70. The first-order valence-electron chi connectivity index (χ1n) is 5.76. The van der Waals surface area contributed by atoms with Gasteiger partial charge in [-0.15, -0.1) is 0 Å². The quantitative estimate of drug-likeness (QED) is 0.868. The highest BCUT2D eigenvalue weighted by molar-refractivity contribution is 6.30. The zero-order valence-electron chi connectivity index (χ0n) is 10.2. The predicted molar refractivity (Wildman–Crippen MR) is 67.1 cm³/mol. The molecule has 1 aliphatic carbocycles. The van der Waals surface area contributed by atoms with Crippen LogP contribution < -0.4 is 5.32 Å². The van der Waals surface area contributed by atoms with Gasteiger partial charge >= 0.3 is 0 Å². The van der Waals surface area contributed by atoms with Crippen LogP contribution in [0.4, 0.5) is 4.39 Å². The van der Waals surface area contributed by atoms with Gasteiger partial charge in [-0.1, -0.05) is 25.4 Å². The second-order valence-electron chi connectivity index (χ2n) is 5.22. The normalized spacial score (nSPS) is 25.4. The molecule has 1 aromatic rings. The topological polar surface area (TPSA) is 49.3 Å². The average Bonchev–Trinajstić information content (AvgIpc) is 2.28. The maximum Gasteiger partial charge on any atom is 0.254 e. The van der Waals surface area contributed by atoms with Crippen molar-refractivity contribution >= 4 is 17.5 Å². The Morgan fingerprint density at radius 3 is 2.72 bits per heavy atom. The van der Waals surface area contributed by atoms with Crippen LogP contribution >= 0.6 is 11.6 Å². The number of halogens is 2. The molecule has 0 bridgehead atoms. The van der Waals surface area contributed by atoms with E-state index in [-0.39, 0.29) is 22.0 Å². The third-order valence-corrected chi connectivity index (χ3v) is 3.93. The van der Waals surface area contributed by atoms with Crippen LogP contribution in [0.1, 0.15) is 30.6 Å². The van der Waals surface area contributed by atoms with Crippen molar-refractivity contribution in [3.05, 3.63) is 34.6 Å². The highest BCUT2D eigenvalue weighted by Crippen LogP contribution is 2.40. The molecule has 98 valence electrons. The molecule has 3 nitrogen and oxygen atoms in total. The van der Waals surface area contributed by atoms with E-state index >= 15 is 0 Å². The van der Waals surface area contributed by atoms with Gasteiger partial charge in [0.2, 0.25) is 0 Å². The molecule has 1 aromatic carbocycles. The molecule has 2 rings (SSSR count). The SMILES string of the molecule is CC1(C)C(O)CC1NC(=O)c1ccc(Cl)cc1F. The highest BCUT2D eigenvalue weighted by Gasteiger charge is 2.48. The van der Waals surface area contributed by atoms with Gasteiger partial charge < -0.3 is 10.4 Å². The van der Waals surface area contributed by atoms with Gasteiger partial charge in [-0.25, -0.2) is 4.39 Å². The lowest BCUT2D eigenvalue weighted by Crippen LogP contribution is -2.61. The van der Waals surface area contributed by atoms with Crippen molar-refractivity contribution in [2.24, 2.45) is 5.41 Å². The minimum Gasteiger partial charge on any atom is -0.392 e. The fourth-order valence-electron chi connectivity index (χ4n) is 2.06. The molecule has 2 atom stereocenters. The molecular weight excluding hydrogens is 257 g/mol.